The quantitative estimate of drug-likeness (QED) is 0.571. The minimum absolute atomic E-state index is 0.0953. The molecule has 7 heteroatoms. The Hall–Kier alpha value is -0.620. The van der Waals surface area contributed by atoms with Gasteiger partial charge in [0.15, 0.2) is 0 Å². The molecule has 21 heavy (non-hydrogen) atoms. The maximum Gasteiger partial charge on any atom is 0.422 e. The molecule has 1 atom stereocenters. The van der Waals surface area contributed by atoms with Crippen molar-refractivity contribution in [1.29, 1.82) is 0 Å². The van der Waals surface area contributed by atoms with Crippen molar-refractivity contribution in [3.63, 3.8) is 0 Å². The second kappa shape index (κ2) is 6.65. The number of amides is 1. The fourth-order valence-corrected chi connectivity index (χ4v) is 2.87. The largest absolute Gasteiger partial charge is 0.443 e. The van der Waals surface area contributed by atoms with Crippen LogP contribution in [-0.4, -0.2) is 28.6 Å². The Morgan fingerprint density at radius 2 is 2.14 bits per heavy atom. The zero-order chi connectivity index (χ0) is 15.6. The van der Waals surface area contributed by atoms with E-state index in [1.807, 2.05) is 26.8 Å². The summed E-state index contributed by atoms with van der Waals surface area (Å²) in [7, 11) is 0. The van der Waals surface area contributed by atoms with Crippen LogP contribution in [0.25, 0.3) is 0 Å². The van der Waals surface area contributed by atoms with Gasteiger partial charge in [0.1, 0.15) is 17.8 Å². The molecular formula is C14H17Cl2NO3S. The maximum atomic E-state index is 12.1. The molecule has 0 radical (unpaired) electrons. The molecule has 0 spiro atoms. The summed E-state index contributed by atoms with van der Waals surface area (Å²) < 4.78 is 12.2. The van der Waals surface area contributed by atoms with Gasteiger partial charge in [0.2, 0.25) is 0 Å². The fourth-order valence-electron chi connectivity index (χ4n) is 1.86. The SMILES string of the molecule is CC(C)(C)OC(=O)N1SOC[C@@H]1Cc1ccc(Cl)c(Cl)c1. The van der Waals surface area contributed by atoms with Gasteiger partial charge in [0.25, 0.3) is 0 Å². The van der Waals surface area contributed by atoms with Crippen LogP contribution in [0.2, 0.25) is 10.0 Å². The maximum absolute atomic E-state index is 12.1. The molecule has 2 rings (SSSR count). The summed E-state index contributed by atoms with van der Waals surface area (Å²) in [6.45, 7) is 5.95. The van der Waals surface area contributed by atoms with E-state index in [-0.39, 0.29) is 6.04 Å². The Labute approximate surface area is 139 Å². The lowest BCUT2D eigenvalue weighted by Gasteiger charge is -2.25. The van der Waals surface area contributed by atoms with Gasteiger partial charge in [-0.2, -0.15) is 0 Å². The van der Waals surface area contributed by atoms with Gasteiger partial charge in [-0.25, -0.2) is 9.10 Å². The Morgan fingerprint density at radius 3 is 2.76 bits per heavy atom. The third-order valence-electron chi connectivity index (χ3n) is 2.75. The monoisotopic (exact) mass is 349 g/mol. The van der Waals surface area contributed by atoms with Gasteiger partial charge in [-0.15, -0.1) is 0 Å². The highest BCUT2D eigenvalue weighted by atomic mass is 35.5. The molecule has 0 saturated carbocycles. The van der Waals surface area contributed by atoms with Crippen molar-refractivity contribution in [2.24, 2.45) is 0 Å². The minimum atomic E-state index is -0.533. The summed E-state index contributed by atoms with van der Waals surface area (Å²) >= 11 is 12.9. The number of hydrogen-bond donors (Lipinski definition) is 0. The molecule has 1 aromatic rings. The lowest BCUT2D eigenvalue weighted by molar-refractivity contribution is 0.0368. The summed E-state index contributed by atoms with van der Waals surface area (Å²) in [5.41, 5.74) is 0.461. The zero-order valence-electron chi connectivity index (χ0n) is 12.1. The minimum Gasteiger partial charge on any atom is -0.443 e. The van der Waals surface area contributed by atoms with Crippen LogP contribution >= 0.6 is 35.4 Å². The van der Waals surface area contributed by atoms with Crippen molar-refractivity contribution in [3.8, 4) is 0 Å². The molecule has 1 aliphatic rings. The highest BCUT2D eigenvalue weighted by Crippen LogP contribution is 2.30. The second-order valence-electron chi connectivity index (χ2n) is 5.77. The van der Waals surface area contributed by atoms with E-state index in [1.54, 1.807) is 12.1 Å². The smallest absolute Gasteiger partial charge is 0.422 e. The van der Waals surface area contributed by atoms with Gasteiger partial charge in [0, 0.05) is 0 Å². The first-order chi connectivity index (χ1) is 9.76. The van der Waals surface area contributed by atoms with E-state index in [0.717, 1.165) is 17.8 Å². The van der Waals surface area contributed by atoms with Crippen molar-refractivity contribution in [2.45, 2.75) is 38.8 Å². The molecule has 1 fully saturated rings. The number of carbonyl (C=O) groups excluding carboxylic acids is 1. The van der Waals surface area contributed by atoms with Crippen molar-refractivity contribution in [1.82, 2.24) is 4.31 Å². The first kappa shape index (κ1) is 16.7. The molecule has 0 bridgehead atoms. The molecule has 1 aromatic carbocycles. The molecule has 0 N–H and O–H groups in total. The third-order valence-corrected chi connectivity index (χ3v) is 4.34. The van der Waals surface area contributed by atoms with Crippen LogP contribution in [-0.2, 0) is 15.3 Å². The molecule has 0 aromatic heterocycles. The molecule has 1 heterocycles. The summed E-state index contributed by atoms with van der Waals surface area (Å²) in [6.07, 6.45) is 0.235. The first-order valence-electron chi connectivity index (χ1n) is 6.52. The highest BCUT2D eigenvalue weighted by molar-refractivity contribution is 7.93. The first-order valence-corrected chi connectivity index (χ1v) is 7.97. The molecule has 0 unspecified atom stereocenters. The standard InChI is InChI=1S/C14H17Cl2NO3S/c1-14(2,3)20-13(18)17-10(8-19-21-17)6-9-4-5-11(15)12(16)7-9/h4-5,7,10H,6,8H2,1-3H3/t10-/m0/s1. The molecule has 116 valence electrons. The molecule has 0 aliphatic carbocycles. The van der Waals surface area contributed by atoms with E-state index in [1.165, 1.54) is 4.31 Å². The number of halogens is 2. The average molecular weight is 350 g/mol. The number of nitrogens with zero attached hydrogens (tertiary/aromatic N) is 1. The predicted octanol–water partition coefficient (Wildman–Crippen LogP) is 4.74. The normalized spacial score (nSPS) is 18.9. The van der Waals surface area contributed by atoms with Crippen LogP contribution < -0.4 is 0 Å². The van der Waals surface area contributed by atoms with E-state index < -0.39 is 11.7 Å². The fraction of sp³-hybridized carbons (Fsp3) is 0.500. The Bertz CT molecular complexity index is 533. The lowest BCUT2D eigenvalue weighted by atomic mass is 10.1. The number of rotatable bonds is 2. The zero-order valence-corrected chi connectivity index (χ0v) is 14.4. The van der Waals surface area contributed by atoms with Gasteiger partial charge in [-0.05, 0) is 44.9 Å². The van der Waals surface area contributed by atoms with Crippen LogP contribution in [0, 0.1) is 0 Å². The lowest BCUT2D eigenvalue weighted by Crippen LogP contribution is -2.38. The second-order valence-corrected chi connectivity index (χ2v) is 7.36. The number of hydrogen-bond acceptors (Lipinski definition) is 4. The topological polar surface area (TPSA) is 38.8 Å². The summed E-state index contributed by atoms with van der Waals surface area (Å²) in [6, 6.07) is 5.35. The Morgan fingerprint density at radius 1 is 1.43 bits per heavy atom. The number of benzene rings is 1. The predicted molar refractivity (Wildman–Crippen MR) is 85.6 cm³/mol. The van der Waals surface area contributed by atoms with Crippen LogP contribution in [0.15, 0.2) is 18.2 Å². The van der Waals surface area contributed by atoms with Crippen LogP contribution in [0.1, 0.15) is 26.3 Å². The third kappa shape index (κ3) is 4.68. The molecule has 1 amide bonds. The summed E-state index contributed by atoms with van der Waals surface area (Å²) in [5, 5.41) is 1.02. The van der Waals surface area contributed by atoms with Crippen LogP contribution in [0.5, 0.6) is 0 Å². The average Bonchev–Trinajstić information content (AvgIpc) is 2.80. The number of ether oxygens (including phenoxy) is 1. The molecule has 1 aliphatic heterocycles. The van der Waals surface area contributed by atoms with Crippen LogP contribution in [0.4, 0.5) is 4.79 Å². The van der Waals surface area contributed by atoms with E-state index in [2.05, 4.69) is 0 Å². The molecule has 4 nitrogen and oxygen atoms in total. The highest BCUT2D eigenvalue weighted by Gasteiger charge is 2.34. The van der Waals surface area contributed by atoms with Crippen molar-refractivity contribution in [2.75, 3.05) is 6.61 Å². The van der Waals surface area contributed by atoms with Crippen LogP contribution in [0.3, 0.4) is 0 Å². The van der Waals surface area contributed by atoms with Gasteiger partial charge >= 0.3 is 6.09 Å². The summed E-state index contributed by atoms with van der Waals surface area (Å²) in [5.74, 6) is 0. The van der Waals surface area contributed by atoms with Crippen molar-refractivity contribution < 1.29 is 13.7 Å². The van der Waals surface area contributed by atoms with Crippen molar-refractivity contribution in [3.05, 3.63) is 33.8 Å². The van der Waals surface area contributed by atoms with E-state index in [9.17, 15) is 4.79 Å². The number of carbonyl (C=O) groups is 1. The van der Waals surface area contributed by atoms with E-state index in [0.29, 0.717) is 23.1 Å². The Balaban J connectivity index is 2.05. The molecular weight excluding hydrogens is 333 g/mol. The summed E-state index contributed by atoms with van der Waals surface area (Å²) in [4.78, 5) is 12.1. The van der Waals surface area contributed by atoms with E-state index in [4.69, 9.17) is 32.1 Å². The van der Waals surface area contributed by atoms with Gasteiger partial charge in [-0.3, -0.25) is 4.18 Å². The van der Waals surface area contributed by atoms with Gasteiger partial charge in [0.05, 0.1) is 22.7 Å². The van der Waals surface area contributed by atoms with Gasteiger partial charge < -0.3 is 4.74 Å². The van der Waals surface area contributed by atoms with E-state index >= 15 is 0 Å². The van der Waals surface area contributed by atoms with Crippen molar-refractivity contribution >= 4 is 41.5 Å². The van der Waals surface area contributed by atoms with Gasteiger partial charge in [-0.1, -0.05) is 29.3 Å². The Kier molecular flexibility index (Phi) is 5.30. The molecule has 1 saturated heterocycles.